The smallest absolute Gasteiger partial charge is 0.00671 e. The maximum atomic E-state index is 4.56. The van der Waals surface area contributed by atoms with E-state index in [0.717, 1.165) is 11.8 Å². The highest BCUT2D eigenvalue weighted by Gasteiger charge is 2.30. The second kappa shape index (κ2) is 6.15. The molecule has 0 bridgehead atoms. The quantitative estimate of drug-likeness (QED) is 0.705. The number of nitrogens with zero attached hydrogens (tertiary/aromatic N) is 1. The fraction of sp³-hybridized carbons (Fsp3) is 1.00. The van der Waals surface area contributed by atoms with Crippen molar-refractivity contribution in [1.82, 2.24) is 4.90 Å². The van der Waals surface area contributed by atoms with Crippen molar-refractivity contribution in [1.29, 1.82) is 0 Å². The third-order valence-electron chi connectivity index (χ3n) is 4.31. The van der Waals surface area contributed by atoms with Crippen molar-refractivity contribution in [2.75, 3.05) is 18.8 Å². The average Bonchev–Trinajstić information content (AvgIpc) is 2.29. The van der Waals surface area contributed by atoms with Crippen LogP contribution in [-0.4, -0.2) is 29.8 Å². The molecule has 2 heteroatoms. The first-order valence-electron chi connectivity index (χ1n) is 6.52. The van der Waals surface area contributed by atoms with Gasteiger partial charge >= 0.3 is 0 Å². The lowest BCUT2D eigenvalue weighted by molar-refractivity contribution is 0.0942. The van der Waals surface area contributed by atoms with Gasteiger partial charge in [0.2, 0.25) is 0 Å². The number of hydrogen-bond acceptors (Lipinski definition) is 2. The lowest BCUT2D eigenvalue weighted by Gasteiger charge is -2.41. The Balaban J connectivity index is 2.56. The molecule has 1 saturated heterocycles. The Kier molecular flexibility index (Phi) is 5.48. The molecule has 0 amide bonds. The summed E-state index contributed by atoms with van der Waals surface area (Å²) in [7, 11) is 0. The van der Waals surface area contributed by atoms with E-state index in [-0.39, 0.29) is 0 Å². The number of likely N-dealkylation sites (tertiary alicyclic amines) is 1. The van der Waals surface area contributed by atoms with Crippen LogP contribution in [0.15, 0.2) is 0 Å². The van der Waals surface area contributed by atoms with Crippen LogP contribution in [0.2, 0.25) is 0 Å². The second-order valence-corrected chi connectivity index (χ2v) is 5.50. The monoisotopic (exact) mass is 229 g/mol. The van der Waals surface area contributed by atoms with E-state index in [4.69, 9.17) is 0 Å². The Morgan fingerprint density at radius 3 is 2.40 bits per heavy atom. The van der Waals surface area contributed by atoms with E-state index in [0.29, 0.717) is 5.41 Å². The van der Waals surface area contributed by atoms with Crippen molar-refractivity contribution in [3.05, 3.63) is 0 Å². The van der Waals surface area contributed by atoms with Gasteiger partial charge in [0.25, 0.3) is 0 Å². The van der Waals surface area contributed by atoms with Gasteiger partial charge in [-0.1, -0.05) is 20.3 Å². The molecule has 1 aliphatic rings. The minimum atomic E-state index is 0.453. The van der Waals surface area contributed by atoms with Crippen molar-refractivity contribution >= 4 is 12.6 Å². The van der Waals surface area contributed by atoms with Gasteiger partial charge in [-0.15, -0.1) is 0 Å². The fourth-order valence-corrected chi connectivity index (χ4v) is 3.12. The normalized spacial score (nSPS) is 24.4. The van der Waals surface area contributed by atoms with Crippen molar-refractivity contribution in [2.45, 2.75) is 58.9 Å². The molecule has 15 heavy (non-hydrogen) atoms. The predicted octanol–water partition coefficient (Wildman–Crippen LogP) is 3.60. The molecule has 0 radical (unpaired) electrons. The Morgan fingerprint density at radius 2 is 1.93 bits per heavy atom. The molecule has 1 atom stereocenters. The topological polar surface area (TPSA) is 3.24 Å². The summed E-state index contributed by atoms with van der Waals surface area (Å²) in [4.78, 5) is 2.69. The SMILES string of the molecule is CCC(CC)(CS)CN1CCCCC1C. The Labute approximate surface area is 101 Å². The van der Waals surface area contributed by atoms with E-state index >= 15 is 0 Å². The molecule has 0 aromatic heterocycles. The summed E-state index contributed by atoms with van der Waals surface area (Å²) < 4.78 is 0. The summed E-state index contributed by atoms with van der Waals surface area (Å²) in [6, 6.07) is 0.788. The van der Waals surface area contributed by atoms with Crippen LogP contribution in [0.25, 0.3) is 0 Å². The standard InChI is InChI=1S/C13H27NS/c1-4-13(5-2,11-15)10-14-9-7-6-8-12(14)3/h12,15H,4-11H2,1-3H3. The number of rotatable bonds is 5. The molecule has 0 saturated carbocycles. The molecule has 1 rings (SSSR count). The van der Waals surface area contributed by atoms with Crippen LogP contribution in [-0.2, 0) is 0 Å². The first kappa shape index (κ1) is 13.4. The van der Waals surface area contributed by atoms with E-state index in [1.54, 1.807) is 0 Å². The molecule has 0 spiro atoms. The van der Waals surface area contributed by atoms with Crippen LogP contribution in [0.1, 0.15) is 52.9 Å². The van der Waals surface area contributed by atoms with Gasteiger partial charge in [-0.05, 0) is 50.3 Å². The lowest BCUT2D eigenvalue weighted by Crippen LogP contribution is -2.45. The third-order valence-corrected chi connectivity index (χ3v) is 4.99. The van der Waals surface area contributed by atoms with E-state index in [2.05, 4.69) is 38.3 Å². The van der Waals surface area contributed by atoms with Crippen molar-refractivity contribution < 1.29 is 0 Å². The molecule has 1 aliphatic heterocycles. The van der Waals surface area contributed by atoms with Crippen LogP contribution in [0.4, 0.5) is 0 Å². The molecule has 1 fully saturated rings. The highest BCUT2D eigenvalue weighted by Crippen LogP contribution is 2.31. The molecule has 90 valence electrons. The van der Waals surface area contributed by atoms with Crippen molar-refractivity contribution in [3.8, 4) is 0 Å². The van der Waals surface area contributed by atoms with Gasteiger partial charge in [-0.25, -0.2) is 0 Å². The molecule has 0 aromatic rings. The zero-order chi connectivity index (χ0) is 11.3. The Morgan fingerprint density at radius 1 is 1.27 bits per heavy atom. The highest BCUT2D eigenvalue weighted by molar-refractivity contribution is 7.80. The summed E-state index contributed by atoms with van der Waals surface area (Å²) in [6.45, 7) is 9.57. The molecule has 0 aliphatic carbocycles. The number of thiol groups is 1. The summed E-state index contributed by atoms with van der Waals surface area (Å²) in [5, 5.41) is 0. The van der Waals surface area contributed by atoms with Crippen LogP contribution in [0, 0.1) is 5.41 Å². The zero-order valence-electron chi connectivity index (χ0n) is 10.6. The van der Waals surface area contributed by atoms with Crippen molar-refractivity contribution in [2.24, 2.45) is 5.41 Å². The molecule has 0 aromatic carbocycles. The van der Waals surface area contributed by atoms with Gasteiger partial charge in [0, 0.05) is 12.6 Å². The van der Waals surface area contributed by atoms with E-state index < -0.39 is 0 Å². The van der Waals surface area contributed by atoms with E-state index in [9.17, 15) is 0 Å². The second-order valence-electron chi connectivity index (χ2n) is 5.18. The molecular formula is C13H27NS. The van der Waals surface area contributed by atoms with Gasteiger partial charge in [0.05, 0.1) is 0 Å². The first-order valence-corrected chi connectivity index (χ1v) is 7.15. The number of hydrogen-bond donors (Lipinski definition) is 1. The lowest BCUT2D eigenvalue weighted by atomic mass is 9.83. The van der Waals surface area contributed by atoms with Gasteiger partial charge < -0.3 is 4.90 Å². The predicted molar refractivity (Wildman–Crippen MR) is 71.8 cm³/mol. The summed E-state index contributed by atoms with van der Waals surface area (Å²) in [5.41, 5.74) is 0.453. The molecule has 1 nitrogen and oxygen atoms in total. The molecule has 0 N–H and O–H groups in total. The largest absolute Gasteiger partial charge is 0.300 e. The third kappa shape index (κ3) is 3.39. The summed E-state index contributed by atoms with van der Waals surface area (Å²) >= 11 is 4.56. The molecular weight excluding hydrogens is 202 g/mol. The van der Waals surface area contributed by atoms with Crippen LogP contribution >= 0.6 is 12.6 Å². The summed E-state index contributed by atoms with van der Waals surface area (Å²) in [6.07, 6.45) is 6.72. The van der Waals surface area contributed by atoms with Crippen molar-refractivity contribution in [3.63, 3.8) is 0 Å². The van der Waals surface area contributed by atoms with E-state index in [1.165, 1.54) is 45.2 Å². The molecule has 1 heterocycles. The molecule has 1 unspecified atom stereocenters. The summed E-state index contributed by atoms with van der Waals surface area (Å²) in [5.74, 6) is 1.03. The van der Waals surface area contributed by atoms with Crippen LogP contribution in [0.5, 0.6) is 0 Å². The van der Waals surface area contributed by atoms with Crippen LogP contribution < -0.4 is 0 Å². The number of piperidine rings is 1. The van der Waals surface area contributed by atoms with Crippen LogP contribution in [0.3, 0.4) is 0 Å². The van der Waals surface area contributed by atoms with Gasteiger partial charge in [0.15, 0.2) is 0 Å². The Hall–Kier alpha value is 0.310. The average molecular weight is 229 g/mol. The van der Waals surface area contributed by atoms with Gasteiger partial charge in [-0.3, -0.25) is 0 Å². The maximum absolute atomic E-state index is 4.56. The highest BCUT2D eigenvalue weighted by atomic mass is 32.1. The first-order chi connectivity index (χ1) is 7.17. The minimum Gasteiger partial charge on any atom is -0.300 e. The maximum Gasteiger partial charge on any atom is 0.00671 e. The zero-order valence-corrected chi connectivity index (χ0v) is 11.5. The van der Waals surface area contributed by atoms with Gasteiger partial charge in [-0.2, -0.15) is 12.6 Å². The fourth-order valence-electron chi connectivity index (χ4n) is 2.57. The Bertz CT molecular complexity index is 169. The van der Waals surface area contributed by atoms with E-state index in [1.807, 2.05) is 0 Å². The minimum absolute atomic E-state index is 0.453. The van der Waals surface area contributed by atoms with Gasteiger partial charge in [0.1, 0.15) is 0 Å².